The first kappa shape index (κ1) is 33.0. The fourth-order valence-electron chi connectivity index (χ4n) is 4.65. The zero-order chi connectivity index (χ0) is 32.8. The van der Waals surface area contributed by atoms with Crippen LogP contribution in [0.2, 0.25) is 0 Å². The van der Waals surface area contributed by atoms with Crippen molar-refractivity contribution in [2.75, 3.05) is 22.9 Å². The molecule has 4 rings (SSSR count). The Morgan fingerprint density at radius 1 is 0.800 bits per heavy atom. The predicted molar refractivity (Wildman–Crippen MR) is 169 cm³/mol. The van der Waals surface area contributed by atoms with Crippen molar-refractivity contribution < 1.29 is 33.4 Å². The number of nitrogens with zero attached hydrogens (tertiary/aromatic N) is 4. The molecule has 238 valence electrons. The maximum Gasteiger partial charge on any atom is 0.425 e. The van der Waals surface area contributed by atoms with E-state index in [2.05, 4.69) is 4.98 Å². The molecule has 0 radical (unpaired) electrons. The van der Waals surface area contributed by atoms with Gasteiger partial charge >= 0.3 is 18.3 Å². The van der Waals surface area contributed by atoms with Gasteiger partial charge in [-0.3, -0.25) is 9.69 Å². The Hall–Kier alpha value is -4.93. The fraction of sp³-hybridized carbons (Fsp3) is 0.382. The summed E-state index contributed by atoms with van der Waals surface area (Å²) in [7, 11) is 0. The van der Waals surface area contributed by atoms with Gasteiger partial charge in [-0.1, -0.05) is 60.7 Å². The maximum absolute atomic E-state index is 14.0. The molecule has 4 amide bonds. The highest BCUT2D eigenvalue weighted by molar-refractivity contribution is 6.09. The molecule has 1 unspecified atom stereocenters. The second-order valence-electron chi connectivity index (χ2n) is 12.6. The van der Waals surface area contributed by atoms with Crippen LogP contribution < -0.4 is 9.80 Å². The second kappa shape index (κ2) is 13.8. The van der Waals surface area contributed by atoms with E-state index in [0.29, 0.717) is 5.69 Å². The molecule has 11 nitrogen and oxygen atoms in total. The minimum Gasteiger partial charge on any atom is -0.445 e. The monoisotopic (exact) mass is 616 g/mol. The highest BCUT2D eigenvalue weighted by Gasteiger charge is 2.39. The van der Waals surface area contributed by atoms with Crippen LogP contribution in [0.5, 0.6) is 0 Å². The Morgan fingerprint density at radius 2 is 1.36 bits per heavy atom. The lowest BCUT2D eigenvalue weighted by molar-refractivity contribution is -0.125. The van der Waals surface area contributed by atoms with Crippen LogP contribution in [0.15, 0.2) is 79.0 Å². The number of aromatic nitrogens is 1. The van der Waals surface area contributed by atoms with E-state index >= 15 is 0 Å². The number of ether oxygens (including phenoxy) is 3. The number of carbonyl (C=O) groups excluding carboxylic acids is 4. The van der Waals surface area contributed by atoms with Crippen molar-refractivity contribution in [1.82, 2.24) is 9.88 Å². The maximum atomic E-state index is 14.0. The number of carbonyl (C=O) groups is 4. The Bertz CT molecular complexity index is 1450. The van der Waals surface area contributed by atoms with Gasteiger partial charge in [0.2, 0.25) is 5.91 Å². The van der Waals surface area contributed by atoms with Gasteiger partial charge in [-0.05, 0) is 64.8 Å². The van der Waals surface area contributed by atoms with Gasteiger partial charge in [0.1, 0.15) is 29.7 Å². The summed E-state index contributed by atoms with van der Waals surface area (Å²) in [6, 6.07) is 21.0. The van der Waals surface area contributed by atoms with Gasteiger partial charge in [0.05, 0.1) is 11.9 Å². The number of piperazine rings is 1. The predicted octanol–water partition coefficient (Wildman–Crippen LogP) is 6.35. The van der Waals surface area contributed by atoms with Crippen LogP contribution in [0.4, 0.5) is 25.9 Å². The molecule has 1 aromatic heterocycles. The highest BCUT2D eigenvalue weighted by Crippen LogP contribution is 2.26. The molecule has 2 aromatic carbocycles. The molecule has 1 saturated heterocycles. The summed E-state index contributed by atoms with van der Waals surface area (Å²) >= 11 is 0. The Kier molecular flexibility index (Phi) is 10.1. The highest BCUT2D eigenvalue weighted by atomic mass is 16.6. The number of pyridine rings is 1. The minimum absolute atomic E-state index is 0.0290. The quantitative estimate of drug-likeness (QED) is 0.294. The van der Waals surface area contributed by atoms with Gasteiger partial charge < -0.3 is 19.1 Å². The summed E-state index contributed by atoms with van der Waals surface area (Å²) in [4.78, 5) is 61.3. The van der Waals surface area contributed by atoms with E-state index in [1.807, 2.05) is 60.7 Å². The van der Waals surface area contributed by atoms with Crippen LogP contribution in [0.25, 0.3) is 0 Å². The van der Waals surface area contributed by atoms with Crippen molar-refractivity contribution >= 4 is 35.7 Å². The van der Waals surface area contributed by atoms with Crippen LogP contribution in [0, 0.1) is 0 Å². The molecule has 1 aliphatic rings. The number of hydrogen-bond acceptors (Lipinski definition) is 8. The molecule has 1 aliphatic heterocycles. The molecular formula is C34H40N4O7. The molecule has 3 aromatic rings. The number of rotatable bonds is 6. The van der Waals surface area contributed by atoms with Crippen LogP contribution >= 0.6 is 0 Å². The zero-order valence-electron chi connectivity index (χ0n) is 26.6. The lowest BCUT2D eigenvalue weighted by Crippen LogP contribution is -2.59. The van der Waals surface area contributed by atoms with E-state index in [1.165, 1.54) is 22.1 Å². The summed E-state index contributed by atoms with van der Waals surface area (Å²) in [6.45, 7) is 10.6. The molecule has 2 heterocycles. The number of anilines is 2. The molecule has 1 fully saturated rings. The van der Waals surface area contributed by atoms with Crippen molar-refractivity contribution in [1.29, 1.82) is 0 Å². The van der Waals surface area contributed by atoms with Gasteiger partial charge in [-0.25, -0.2) is 19.4 Å². The van der Waals surface area contributed by atoms with E-state index in [-0.39, 0.29) is 37.8 Å². The summed E-state index contributed by atoms with van der Waals surface area (Å²) in [6.07, 6.45) is -0.783. The smallest absolute Gasteiger partial charge is 0.425 e. The number of hydrogen-bond donors (Lipinski definition) is 0. The van der Waals surface area contributed by atoms with E-state index in [0.717, 1.165) is 16.0 Å². The third-order valence-electron chi connectivity index (χ3n) is 6.63. The van der Waals surface area contributed by atoms with E-state index < -0.39 is 35.5 Å². The Morgan fingerprint density at radius 3 is 1.87 bits per heavy atom. The van der Waals surface area contributed by atoms with E-state index in [9.17, 15) is 19.2 Å². The van der Waals surface area contributed by atoms with Crippen molar-refractivity contribution in [3.8, 4) is 0 Å². The largest absolute Gasteiger partial charge is 0.445 e. The van der Waals surface area contributed by atoms with Crippen molar-refractivity contribution in [2.45, 2.75) is 71.8 Å². The first-order chi connectivity index (χ1) is 21.2. The lowest BCUT2D eigenvalue weighted by Gasteiger charge is -2.40. The second-order valence-corrected chi connectivity index (χ2v) is 12.6. The molecule has 0 bridgehead atoms. The molecule has 11 heteroatoms. The molecular weight excluding hydrogens is 576 g/mol. The van der Waals surface area contributed by atoms with Crippen molar-refractivity contribution in [3.63, 3.8) is 0 Å². The Labute approximate surface area is 263 Å². The normalized spacial score (nSPS) is 15.3. The first-order valence-electron chi connectivity index (χ1n) is 14.8. The topological polar surface area (TPSA) is 119 Å². The van der Waals surface area contributed by atoms with E-state index in [1.54, 1.807) is 47.6 Å². The molecule has 1 atom stereocenters. The van der Waals surface area contributed by atoms with Crippen LogP contribution in [-0.4, -0.2) is 64.4 Å². The third-order valence-corrected chi connectivity index (χ3v) is 6.63. The van der Waals surface area contributed by atoms with Gasteiger partial charge in [-0.2, -0.15) is 4.90 Å². The molecule has 0 aliphatic carbocycles. The minimum atomic E-state index is -0.946. The SMILES string of the molecule is CC(C)(C)OC(=O)N(C(=O)OC(C)(C)C)c1ccc(N2CCN(C(=O)OCc3ccccc3)C(Cc3ccccc3)C2=O)cn1. The fourth-order valence-corrected chi connectivity index (χ4v) is 4.65. The number of benzene rings is 2. The molecule has 0 N–H and O–H groups in total. The molecule has 0 saturated carbocycles. The zero-order valence-corrected chi connectivity index (χ0v) is 26.6. The standard InChI is InChI=1S/C34H40N4O7/c1-33(2,3)44-31(41)38(32(42)45-34(4,5)6)28-18-17-26(22-35-28)36-19-20-37(30(40)43-23-25-15-11-8-12-16-25)27(29(36)39)21-24-13-9-7-10-14-24/h7-18,22,27H,19-21,23H2,1-6H3. The number of amides is 4. The van der Waals surface area contributed by atoms with Crippen LogP contribution in [-0.2, 0) is 32.0 Å². The first-order valence-corrected chi connectivity index (χ1v) is 14.8. The van der Waals surface area contributed by atoms with Gasteiger partial charge in [0.15, 0.2) is 0 Å². The average molecular weight is 617 g/mol. The summed E-state index contributed by atoms with van der Waals surface area (Å²) in [5.74, 6) is -0.342. The average Bonchev–Trinajstić information content (AvgIpc) is 2.97. The molecule has 45 heavy (non-hydrogen) atoms. The molecule has 0 spiro atoms. The third kappa shape index (κ3) is 9.04. The van der Waals surface area contributed by atoms with Crippen molar-refractivity contribution in [2.24, 2.45) is 0 Å². The number of imide groups is 1. The van der Waals surface area contributed by atoms with Crippen LogP contribution in [0.3, 0.4) is 0 Å². The summed E-state index contributed by atoms with van der Waals surface area (Å²) in [5, 5.41) is 0. The summed E-state index contributed by atoms with van der Waals surface area (Å²) in [5.41, 5.74) is 0.414. The van der Waals surface area contributed by atoms with E-state index in [4.69, 9.17) is 14.2 Å². The summed E-state index contributed by atoms with van der Waals surface area (Å²) < 4.78 is 16.5. The van der Waals surface area contributed by atoms with Gasteiger partial charge in [-0.15, -0.1) is 0 Å². The van der Waals surface area contributed by atoms with Gasteiger partial charge in [0.25, 0.3) is 0 Å². The van der Waals surface area contributed by atoms with Gasteiger partial charge in [0, 0.05) is 19.5 Å². The Balaban J connectivity index is 1.57. The van der Waals surface area contributed by atoms with Crippen LogP contribution in [0.1, 0.15) is 52.7 Å². The lowest BCUT2D eigenvalue weighted by atomic mass is 10.0. The van der Waals surface area contributed by atoms with Crippen molar-refractivity contribution in [3.05, 3.63) is 90.1 Å².